The SMILES string of the molecule is Cc1ccc(C(=O)Nc2cc(N3CCN(C)CC3)c(F)c(C(F)(F)F)c2)cc1N1C=C(c2cncs2)NCN1. The molecule has 0 aliphatic carbocycles. The molecule has 0 unspecified atom stereocenters. The summed E-state index contributed by atoms with van der Waals surface area (Å²) in [6, 6.07) is 6.92. The van der Waals surface area contributed by atoms with Crippen LogP contribution in [0.15, 0.2) is 48.2 Å². The maximum atomic E-state index is 15.0. The van der Waals surface area contributed by atoms with Crippen LogP contribution < -0.4 is 26.0 Å². The highest BCUT2D eigenvalue weighted by atomic mass is 32.1. The smallest absolute Gasteiger partial charge is 0.369 e. The molecule has 2 aromatic carbocycles. The molecule has 0 saturated carbocycles. The molecular formula is C26H27F4N7OS. The molecule has 13 heteroatoms. The second-order valence-electron chi connectivity index (χ2n) is 9.39. The van der Waals surface area contributed by atoms with Crippen LogP contribution in [0.1, 0.15) is 26.4 Å². The van der Waals surface area contributed by atoms with Gasteiger partial charge < -0.3 is 20.4 Å². The van der Waals surface area contributed by atoms with Gasteiger partial charge in [0, 0.05) is 49.8 Å². The quantitative estimate of drug-likeness (QED) is 0.397. The number of rotatable bonds is 5. The summed E-state index contributed by atoms with van der Waals surface area (Å²) in [6.45, 7) is 4.24. The number of hydrazine groups is 1. The van der Waals surface area contributed by atoms with Crippen LogP contribution in [0.5, 0.6) is 0 Å². The number of alkyl halides is 3. The van der Waals surface area contributed by atoms with E-state index in [4.69, 9.17) is 0 Å². The van der Waals surface area contributed by atoms with Crippen molar-refractivity contribution in [3.8, 4) is 0 Å². The Balaban J connectivity index is 1.43. The molecule has 1 fully saturated rings. The number of nitrogens with zero attached hydrogens (tertiary/aromatic N) is 4. The maximum absolute atomic E-state index is 15.0. The van der Waals surface area contributed by atoms with Gasteiger partial charge in [0.2, 0.25) is 0 Å². The fraction of sp³-hybridized carbons (Fsp3) is 0.308. The van der Waals surface area contributed by atoms with E-state index in [1.54, 1.807) is 39.8 Å². The van der Waals surface area contributed by atoms with Crippen molar-refractivity contribution in [1.82, 2.24) is 20.6 Å². The number of amides is 1. The van der Waals surface area contributed by atoms with Gasteiger partial charge in [-0.25, -0.2) is 9.82 Å². The lowest BCUT2D eigenvalue weighted by Gasteiger charge is -2.34. The molecule has 3 N–H and O–H groups in total. The van der Waals surface area contributed by atoms with Crippen molar-refractivity contribution in [3.05, 3.63) is 75.6 Å². The maximum Gasteiger partial charge on any atom is 0.419 e. The summed E-state index contributed by atoms with van der Waals surface area (Å²) in [5.41, 5.74) is 5.86. The number of piperazine rings is 1. The number of carbonyl (C=O) groups is 1. The van der Waals surface area contributed by atoms with E-state index in [2.05, 4.69) is 21.0 Å². The molecule has 1 amide bonds. The standard InChI is InChI=1S/C26H27F4N7OS/c1-16-3-4-17(9-21(16)37-13-20(32-14-33-37)23-12-31-15-39-23)25(38)34-18-10-19(26(28,29)30)24(27)22(11-18)36-7-5-35(2)6-8-36/h3-4,9-13,15,32-33H,5-8,14H2,1-2H3,(H,34,38). The van der Waals surface area contributed by atoms with E-state index in [0.29, 0.717) is 44.6 Å². The highest BCUT2D eigenvalue weighted by Gasteiger charge is 2.37. The van der Waals surface area contributed by atoms with Crippen molar-refractivity contribution in [2.45, 2.75) is 13.1 Å². The van der Waals surface area contributed by atoms with Crippen LogP contribution in [0.2, 0.25) is 0 Å². The number of hydrogen-bond acceptors (Lipinski definition) is 8. The van der Waals surface area contributed by atoms with Gasteiger partial charge in [-0.05, 0) is 43.8 Å². The Kier molecular flexibility index (Phi) is 7.47. The van der Waals surface area contributed by atoms with Crippen LogP contribution in [0.4, 0.5) is 34.6 Å². The zero-order chi connectivity index (χ0) is 27.7. The molecule has 3 aromatic rings. The number of aromatic nitrogens is 1. The first-order valence-corrected chi connectivity index (χ1v) is 13.1. The zero-order valence-corrected chi connectivity index (χ0v) is 22.1. The van der Waals surface area contributed by atoms with Crippen LogP contribution in [-0.2, 0) is 6.18 Å². The van der Waals surface area contributed by atoms with Crippen LogP contribution in [-0.4, -0.2) is 55.7 Å². The zero-order valence-electron chi connectivity index (χ0n) is 21.3. The molecular weight excluding hydrogens is 534 g/mol. The number of anilines is 3. The van der Waals surface area contributed by atoms with Crippen molar-refractivity contribution in [1.29, 1.82) is 0 Å². The molecule has 8 nitrogen and oxygen atoms in total. The molecule has 1 saturated heterocycles. The fourth-order valence-corrected chi connectivity index (χ4v) is 5.08. The largest absolute Gasteiger partial charge is 0.419 e. The molecule has 2 aliphatic rings. The van der Waals surface area contributed by atoms with Gasteiger partial charge in [0.1, 0.15) is 0 Å². The normalized spacial score (nSPS) is 16.6. The fourth-order valence-electron chi connectivity index (χ4n) is 4.47. The topological polar surface area (TPSA) is 75.8 Å². The molecule has 0 radical (unpaired) electrons. The molecule has 1 aromatic heterocycles. The second kappa shape index (κ2) is 10.8. The summed E-state index contributed by atoms with van der Waals surface area (Å²) in [4.78, 5) is 21.8. The van der Waals surface area contributed by atoms with E-state index in [1.165, 1.54) is 17.4 Å². The van der Waals surface area contributed by atoms with Gasteiger partial charge >= 0.3 is 6.18 Å². The number of thiazole rings is 1. The predicted octanol–water partition coefficient (Wildman–Crippen LogP) is 4.48. The molecule has 3 heterocycles. The minimum absolute atomic E-state index is 0.127. The molecule has 39 heavy (non-hydrogen) atoms. The van der Waals surface area contributed by atoms with Crippen molar-refractivity contribution >= 4 is 40.0 Å². The third-order valence-corrected chi connectivity index (χ3v) is 7.48. The van der Waals surface area contributed by atoms with Crippen LogP contribution >= 0.6 is 11.3 Å². The summed E-state index contributed by atoms with van der Waals surface area (Å²) >= 11 is 1.48. The van der Waals surface area contributed by atoms with Crippen molar-refractivity contribution < 1.29 is 22.4 Å². The van der Waals surface area contributed by atoms with Crippen molar-refractivity contribution in [3.63, 3.8) is 0 Å². The summed E-state index contributed by atoms with van der Waals surface area (Å²) in [5.74, 6) is -1.95. The van der Waals surface area contributed by atoms with Gasteiger partial charge in [-0.15, -0.1) is 11.3 Å². The minimum atomic E-state index is -4.92. The van der Waals surface area contributed by atoms with E-state index >= 15 is 4.39 Å². The Hall–Kier alpha value is -3.68. The number of nitrogens with one attached hydrogen (secondary N) is 3. The highest BCUT2D eigenvalue weighted by Crippen LogP contribution is 2.38. The Morgan fingerprint density at radius 1 is 1.10 bits per heavy atom. The number of hydrogen-bond donors (Lipinski definition) is 3. The lowest BCUT2D eigenvalue weighted by Crippen LogP contribution is -2.45. The summed E-state index contributed by atoms with van der Waals surface area (Å²) in [5, 5.41) is 7.57. The average molecular weight is 562 g/mol. The number of benzene rings is 2. The van der Waals surface area contributed by atoms with Crippen molar-refractivity contribution in [2.24, 2.45) is 0 Å². The predicted molar refractivity (Wildman–Crippen MR) is 144 cm³/mol. The minimum Gasteiger partial charge on any atom is -0.369 e. The van der Waals surface area contributed by atoms with Crippen LogP contribution in [0.3, 0.4) is 0 Å². The number of carbonyl (C=O) groups excluding carboxylic acids is 1. The monoisotopic (exact) mass is 561 g/mol. The second-order valence-corrected chi connectivity index (χ2v) is 10.3. The number of halogens is 4. The molecule has 0 spiro atoms. The first kappa shape index (κ1) is 26.9. The van der Waals surface area contributed by atoms with Gasteiger partial charge in [-0.3, -0.25) is 14.8 Å². The first-order valence-electron chi connectivity index (χ1n) is 12.2. The summed E-state index contributed by atoms with van der Waals surface area (Å²) < 4.78 is 56.2. The Bertz CT molecular complexity index is 1390. The van der Waals surface area contributed by atoms with Gasteiger partial charge in [-0.1, -0.05) is 6.07 Å². The average Bonchev–Trinajstić information content (AvgIpc) is 3.45. The van der Waals surface area contributed by atoms with Gasteiger partial charge in [0.25, 0.3) is 5.91 Å². The van der Waals surface area contributed by atoms with E-state index in [-0.39, 0.29) is 16.9 Å². The molecule has 5 rings (SSSR count). The third kappa shape index (κ3) is 5.84. The Morgan fingerprint density at radius 2 is 1.87 bits per heavy atom. The third-order valence-electron chi connectivity index (χ3n) is 6.68. The van der Waals surface area contributed by atoms with E-state index in [0.717, 1.165) is 16.1 Å². The van der Waals surface area contributed by atoms with Crippen molar-refractivity contribution in [2.75, 3.05) is 55.1 Å². The number of aryl methyl sites for hydroxylation is 1. The van der Waals surface area contributed by atoms with E-state index in [9.17, 15) is 18.0 Å². The van der Waals surface area contributed by atoms with Gasteiger partial charge in [0.05, 0.1) is 39.7 Å². The molecule has 2 aliphatic heterocycles. The van der Waals surface area contributed by atoms with E-state index in [1.807, 2.05) is 25.1 Å². The lowest BCUT2D eigenvalue weighted by molar-refractivity contribution is -0.139. The number of likely N-dealkylation sites (N-methyl/N-ethyl adjacent to an activating group) is 1. The summed E-state index contributed by atoms with van der Waals surface area (Å²) in [7, 11) is 1.90. The summed E-state index contributed by atoms with van der Waals surface area (Å²) in [6.07, 6.45) is -1.32. The van der Waals surface area contributed by atoms with Gasteiger partial charge in [0.15, 0.2) is 5.82 Å². The molecule has 206 valence electrons. The molecule has 0 atom stereocenters. The molecule has 0 bridgehead atoms. The lowest BCUT2D eigenvalue weighted by atomic mass is 10.1. The van der Waals surface area contributed by atoms with E-state index < -0.39 is 23.5 Å². The van der Waals surface area contributed by atoms with Crippen LogP contribution in [0, 0.1) is 12.7 Å². The highest BCUT2D eigenvalue weighted by molar-refractivity contribution is 7.10. The Morgan fingerprint density at radius 3 is 2.56 bits per heavy atom. The van der Waals surface area contributed by atoms with Crippen LogP contribution in [0.25, 0.3) is 5.70 Å². The first-order chi connectivity index (χ1) is 18.6. The Labute approximate surface area is 226 Å². The van der Waals surface area contributed by atoms with Gasteiger partial charge in [-0.2, -0.15) is 13.2 Å².